The average Bonchev–Trinajstić information content (AvgIpc) is 3.42. The van der Waals surface area contributed by atoms with Gasteiger partial charge in [-0.05, 0) is 42.3 Å². The van der Waals surface area contributed by atoms with E-state index >= 15 is 0 Å². The van der Waals surface area contributed by atoms with Gasteiger partial charge in [-0.1, -0.05) is 41.9 Å². The Bertz CT molecular complexity index is 956. The van der Waals surface area contributed by atoms with E-state index in [1.165, 1.54) is 0 Å². The predicted octanol–water partition coefficient (Wildman–Crippen LogP) is 5.07. The van der Waals surface area contributed by atoms with Crippen LogP contribution in [0.4, 0.5) is 5.69 Å². The van der Waals surface area contributed by atoms with Crippen molar-refractivity contribution in [3.05, 3.63) is 83.0 Å². The van der Waals surface area contributed by atoms with Gasteiger partial charge in [0.15, 0.2) is 0 Å². The highest BCUT2D eigenvalue weighted by Crippen LogP contribution is 2.43. The Balaban J connectivity index is 1.44. The van der Waals surface area contributed by atoms with Gasteiger partial charge in [0.2, 0.25) is 0 Å². The van der Waals surface area contributed by atoms with Crippen LogP contribution < -0.4 is 5.32 Å². The molecule has 0 radical (unpaired) electrons. The van der Waals surface area contributed by atoms with Crippen molar-refractivity contribution in [1.29, 1.82) is 0 Å². The molecule has 1 heterocycles. The number of nitrogens with one attached hydrogen (secondary N) is 1. The second-order valence-electron chi connectivity index (χ2n) is 6.44. The molecule has 3 aromatic rings. The lowest BCUT2D eigenvalue weighted by atomic mass is 10.1. The molecule has 5 heteroatoms. The number of aromatic carboxylic acids is 1. The van der Waals surface area contributed by atoms with Crippen molar-refractivity contribution in [3.8, 4) is 11.3 Å². The van der Waals surface area contributed by atoms with E-state index < -0.39 is 5.97 Å². The average molecular weight is 365 g/mol. The van der Waals surface area contributed by atoms with Crippen molar-refractivity contribution < 1.29 is 9.90 Å². The SMILES string of the molecule is O=C(O)c1cccc(C2CC2Nc2ccc(-c3ccccc3Cl)nc2)c1. The van der Waals surface area contributed by atoms with E-state index in [4.69, 9.17) is 16.7 Å². The number of halogens is 1. The summed E-state index contributed by atoms with van der Waals surface area (Å²) in [5.74, 6) is -0.561. The number of hydrogen-bond acceptors (Lipinski definition) is 3. The Labute approximate surface area is 156 Å². The van der Waals surface area contributed by atoms with Gasteiger partial charge >= 0.3 is 5.97 Å². The molecule has 4 nitrogen and oxygen atoms in total. The Morgan fingerprint density at radius 2 is 1.96 bits per heavy atom. The van der Waals surface area contributed by atoms with Crippen molar-refractivity contribution in [2.24, 2.45) is 0 Å². The maximum Gasteiger partial charge on any atom is 0.335 e. The van der Waals surface area contributed by atoms with E-state index in [1.54, 1.807) is 18.2 Å². The van der Waals surface area contributed by atoms with E-state index in [0.29, 0.717) is 22.5 Å². The summed E-state index contributed by atoms with van der Waals surface area (Å²) in [6.07, 6.45) is 2.79. The molecule has 4 rings (SSSR count). The summed E-state index contributed by atoms with van der Waals surface area (Å²) in [6, 6.07) is 19.0. The van der Waals surface area contributed by atoms with E-state index in [9.17, 15) is 4.79 Å². The fraction of sp³-hybridized carbons (Fsp3) is 0.143. The minimum Gasteiger partial charge on any atom is -0.478 e. The first-order chi connectivity index (χ1) is 12.6. The number of rotatable bonds is 5. The van der Waals surface area contributed by atoms with Crippen LogP contribution in [-0.4, -0.2) is 22.1 Å². The first-order valence-electron chi connectivity index (χ1n) is 8.42. The van der Waals surface area contributed by atoms with Gasteiger partial charge < -0.3 is 10.4 Å². The van der Waals surface area contributed by atoms with Gasteiger partial charge in [0.05, 0.1) is 23.1 Å². The summed E-state index contributed by atoms with van der Waals surface area (Å²) in [7, 11) is 0. The Morgan fingerprint density at radius 3 is 2.69 bits per heavy atom. The van der Waals surface area contributed by atoms with Crippen LogP contribution in [0.1, 0.15) is 28.3 Å². The Hall–Kier alpha value is -2.85. The van der Waals surface area contributed by atoms with Crippen LogP contribution in [0.2, 0.25) is 5.02 Å². The summed E-state index contributed by atoms with van der Waals surface area (Å²) in [4.78, 5) is 15.6. The third kappa shape index (κ3) is 3.41. The second-order valence-corrected chi connectivity index (χ2v) is 6.84. The third-order valence-electron chi connectivity index (χ3n) is 4.62. The third-order valence-corrected chi connectivity index (χ3v) is 4.95. The number of aromatic nitrogens is 1. The number of carboxylic acid groups (broad SMARTS) is 1. The minimum absolute atomic E-state index is 0.298. The molecule has 0 saturated heterocycles. The number of pyridine rings is 1. The highest BCUT2D eigenvalue weighted by atomic mass is 35.5. The zero-order valence-corrected chi connectivity index (χ0v) is 14.6. The zero-order chi connectivity index (χ0) is 18.1. The Morgan fingerprint density at radius 1 is 1.12 bits per heavy atom. The van der Waals surface area contributed by atoms with E-state index in [1.807, 2.05) is 48.7 Å². The van der Waals surface area contributed by atoms with Crippen LogP contribution in [0.15, 0.2) is 66.9 Å². The summed E-state index contributed by atoms with van der Waals surface area (Å²) in [5, 5.41) is 13.3. The molecule has 0 spiro atoms. The van der Waals surface area contributed by atoms with Crippen LogP contribution in [0.25, 0.3) is 11.3 Å². The molecule has 1 aliphatic carbocycles. The van der Waals surface area contributed by atoms with Crippen molar-refractivity contribution in [1.82, 2.24) is 4.98 Å². The van der Waals surface area contributed by atoms with E-state index in [2.05, 4.69) is 10.3 Å². The highest BCUT2D eigenvalue weighted by Gasteiger charge is 2.38. The summed E-state index contributed by atoms with van der Waals surface area (Å²) in [5.41, 5.74) is 4.09. The van der Waals surface area contributed by atoms with Crippen LogP contribution in [0.3, 0.4) is 0 Å². The monoisotopic (exact) mass is 364 g/mol. The van der Waals surface area contributed by atoms with E-state index in [-0.39, 0.29) is 0 Å². The lowest BCUT2D eigenvalue weighted by Crippen LogP contribution is -2.05. The molecule has 2 N–H and O–H groups in total. The molecule has 0 aliphatic heterocycles. The van der Waals surface area contributed by atoms with E-state index in [0.717, 1.165) is 28.9 Å². The second kappa shape index (κ2) is 6.81. The van der Waals surface area contributed by atoms with Gasteiger partial charge in [-0.15, -0.1) is 0 Å². The molecule has 1 saturated carbocycles. The van der Waals surface area contributed by atoms with Gasteiger partial charge in [-0.3, -0.25) is 4.98 Å². The molecule has 130 valence electrons. The van der Waals surface area contributed by atoms with Crippen molar-refractivity contribution in [2.75, 3.05) is 5.32 Å². The topological polar surface area (TPSA) is 62.2 Å². The predicted molar refractivity (Wildman–Crippen MR) is 103 cm³/mol. The first-order valence-corrected chi connectivity index (χ1v) is 8.80. The van der Waals surface area contributed by atoms with Gasteiger partial charge in [0.1, 0.15) is 0 Å². The minimum atomic E-state index is -0.892. The molecule has 1 fully saturated rings. The number of carboxylic acids is 1. The number of benzene rings is 2. The molecule has 0 bridgehead atoms. The van der Waals surface area contributed by atoms with Crippen LogP contribution in [0.5, 0.6) is 0 Å². The van der Waals surface area contributed by atoms with Crippen LogP contribution in [-0.2, 0) is 0 Å². The van der Waals surface area contributed by atoms with Crippen molar-refractivity contribution >= 4 is 23.3 Å². The quantitative estimate of drug-likeness (QED) is 0.663. The number of anilines is 1. The normalized spacial score (nSPS) is 18.3. The van der Waals surface area contributed by atoms with Gasteiger partial charge in [0, 0.05) is 22.5 Å². The molecule has 26 heavy (non-hydrogen) atoms. The fourth-order valence-corrected chi connectivity index (χ4v) is 3.38. The maximum atomic E-state index is 11.1. The highest BCUT2D eigenvalue weighted by molar-refractivity contribution is 6.33. The Kier molecular flexibility index (Phi) is 4.35. The fourth-order valence-electron chi connectivity index (χ4n) is 3.15. The molecular formula is C21H17ClN2O2. The summed E-state index contributed by atoms with van der Waals surface area (Å²) >= 11 is 6.22. The summed E-state index contributed by atoms with van der Waals surface area (Å²) < 4.78 is 0. The van der Waals surface area contributed by atoms with Crippen LogP contribution in [0, 0.1) is 0 Å². The first kappa shape index (κ1) is 16.6. The molecule has 1 aliphatic rings. The molecular weight excluding hydrogens is 348 g/mol. The molecule has 2 unspecified atom stereocenters. The van der Waals surface area contributed by atoms with Gasteiger partial charge in [-0.2, -0.15) is 0 Å². The number of hydrogen-bond donors (Lipinski definition) is 2. The van der Waals surface area contributed by atoms with Gasteiger partial charge in [0.25, 0.3) is 0 Å². The lowest BCUT2D eigenvalue weighted by Gasteiger charge is -2.08. The van der Waals surface area contributed by atoms with Gasteiger partial charge in [-0.25, -0.2) is 4.79 Å². The standard InChI is InChI=1S/C21H17ClN2O2/c22-18-7-2-1-6-16(18)19-9-8-15(12-23-19)24-20-11-17(20)13-4-3-5-14(10-13)21(25)26/h1-10,12,17,20,24H,11H2,(H,25,26). The zero-order valence-electron chi connectivity index (χ0n) is 13.9. The number of nitrogens with zero attached hydrogens (tertiary/aromatic N) is 1. The summed E-state index contributed by atoms with van der Waals surface area (Å²) in [6.45, 7) is 0. The maximum absolute atomic E-state index is 11.1. The van der Waals surface area contributed by atoms with Crippen LogP contribution >= 0.6 is 11.6 Å². The number of carbonyl (C=O) groups is 1. The lowest BCUT2D eigenvalue weighted by molar-refractivity contribution is 0.0697. The molecule has 1 aromatic heterocycles. The molecule has 0 amide bonds. The smallest absolute Gasteiger partial charge is 0.335 e. The van der Waals surface area contributed by atoms with Crippen molar-refractivity contribution in [2.45, 2.75) is 18.4 Å². The van der Waals surface area contributed by atoms with Crippen molar-refractivity contribution in [3.63, 3.8) is 0 Å². The molecule has 2 atom stereocenters. The largest absolute Gasteiger partial charge is 0.478 e. The molecule has 2 aromatic carbocycles.